The summed E-state index contributed by atoms with van der Waals surface area (Å²) in [4.78, 5) is 38.2. The van der Waals surface area contributed by atoms with Crippen LogP contribution in [0.3, 0.4) is 0 Å². The Morgan fingerprint density at radius 2 is 1.01 bits per heavy atom. The maximum absolute atomic E-state index is 12.5. The zero-order chi connectivity index (χ0) is 58.4. The van der Waals surface area contributed by atoms with Crippen molar-refractivity contribution >= 4 is 97.7 Å². The molecule has 0 aliphatic carbocycles. The van der Waals surface area contributed by atoms with Gasteiger partial charge in [-0.2, -0.15) is 15.3 Å². The molecule has 4 aromatic carbocycles. The molecule has 3 aromatic heterocycles. The topological polar surface area (TPSA) is 284 Å². The van der Waals surface area contributed by atoms with Crippen molar-refractivity contribution in [3.8, 4) is 5.75 Å². The summed E-state index contributed by atoms with van der Waals surface area (Å²) < 4.78 is 5.37. The van der Waals surface area contributed by atoms with Gasteiger partial charge in [0.2, 0.25) is 0 Å². The number of ether oxygens (including phenoxy) is 1. The van der Waals surface area contributed by atoms with Crippen LogP contribution in [0.1, 0.15) is 115 Å². The van der Waals surface area contributed by atoms with Crippen molar-refractivity contribution in [1.82, 2.24) is 51.0 Å². The first-order valence-corrected chi connectivity index (χ1v) is 28.6. The summed E-state index contributed by atoms with van der Waals surface area (Å²) in [5.41, 5.74) is 3.63. The number of nitro benzene ring substituents is 1. The summed E-state index contributed by atoms with van der Waals surface area (Å²) in [6.07, 6.45) is 7.79. The minimum Gasteiger partial charge on any atom is -0.410 e. The summed E-state index contributed by atoms with van der Waals surface area (Å²) >= 11 is 18.7. The molecule has 0 spiro atoms. The number of piperidine rings is 3. The Kier molecular flexibility index (Phi) is 21.2. The highest BCUT2D eigenvalue weighted by Crippen LogP contribution is 2.49. The monoisotopic (exact) mass is 1210 g/mol. The molecule has 82 heavy (non-hydrogen) atoms. The standard InChI is InChI=1S/C23H25ClN4O5.C19H27ClN4O3.C16H22ClN3O.ClH/c1-23(2,21(29)19-12-16(24)11-14-13-25-26-20(14)19)15-7-9-27(10-8-15)22(30)33-18-5-3-17(4-6-18)28(31)32;1-19(2,13-3-6-24(7-4-13)18(27)21-5-8-25)17(26)15-10-14(20)9-12-11-22-23-16(12)15;1-16(2,11-3-5-18-6-4-11)15(21)13-8-12(17)7-10-9-19-20-14(10)13;/h3-6,11-13,15,21,29H,7-10H2,1-2H3,(H,25,26);9-11,13,17,25-26H,3-8H2,1-2H3,(H,21,27)(H,22,23);7-9,11,15,18,21H,3-6H2,1-2H3,(H,19,20);1H/t21-;17-;15-;/m111./s1. The van der Waals surface area contributed by atoms with E-state index in [1.54, 1.807) is 46.6 Å². The van der Waals surface area contributed by atoms with E-state index in [-0.39, 0.29) is 60.3 Å². The predicted octanol–water partition coefficient (Wildman–Crippen LogP) is 11.5. The van der Waals surface area contributed by atoms with Gasteiger partial charge < -0.3 is 45.6 Å². The van der Waals surface area contributed by atoms with E-state index >= 15 is 0 Å². The molecule has 3 aliphatic heterocycles. The SMILES string of the molecule is CC(C)(C1CCN(C(=O)NCCO)CC1)[C@H](O)c1cc(Cl)cc2cn[nH]c12.CC(C)(C1CCN(C(=O)Oc2ccc([N+](=O)[O-])cc2)CC1)[C@H](O)c1cc(Cl)cc2cn[nH]c12.CC(C)(C1CCNCC1)[C@H](O)c1cc(Cl)cc2cn[nH]c12.Cl. The number of fused-ring (bicyclic) bond motifs is 3. The number of nitro groups is 1. The van der Waals surface area contributed by atoms with Crippen LogP contribution in [-0.4, -0.2) is 130 Å². The van der Waals surface area contributed by atoms with Crippen LogP contribution >= 0.6 is 47.2 Å². The third-order valence-electron chi connectivity index (χ3n) is 17.3. The van der Waals surface area contributed by atoms with Gasteiger partial charge in [-0.3, -0.25) is 25.4 Å². The van der Waals surface area contributed by atoms with Crippen molar-refractivity contribution in [3.05, 3.63) is 121 Å². The Hall–Kier alpha value is -5.81. The van der Waals surface area contributed by atoms with Gasteiger partial charge in [0.25, 0.3) is 5.69 Å². The van der Waals surface area contributed by atoms with Gasteiger partial charge in [-0.15, -0.1) is 12.4 Å². The second-order valence-corrected chi connectivity index (χ2v) is 24.6. The number of non-ortho nitro benzene ring substituents is 1. The number of amides is 3. The number of hydrogen-bond donors (Lipinski definition) is 9. The van der Waals surface area contributed by atoms with Gasteiger partial charge in [0, 0.05) is 92.8 Å². The molecule has 0 saturated carbocycles. The van der Waals surface area contributed by atoms with Crippen molar-refractivity contribution in [2.75, 3.05) is 52.4 Å². The summed E-state index contributed by atoms with van der Waals surface area (Å²) in [6, 6.07) is 16.2. The van der Waals surface area contributed by atoms with E-state index in [4.69, 9.17) is 44.6 Å². The number of aromatic nitrogens is 6. The average Bonchev–Trinajstić information content (AvgIpc) is 4.34. The van der Waals surface area contributed by atoms with Crippen LogP contribution in [0.5, 0.6) is 5.75 Å². The maximum Gasteiger partial charge on any atom is 0.415 e. The van der Waals surface area contributed by atoms with E-state index in [1.165, 1.54) is 24.3 Å². The van der Waals surface area contributed by atoms with Gasteiger partial charge in [-0.05, 0) is 134 Å². The number of aliphatic hydroxyl groups is 4. The van der Waals surface area contributed by atoms with E-state index in [0.29, 0.717) is 65.6 Å². The van der Waals surface area contributed by atoms with E-state index in [9.17, 15) is 35.0 Å². The molecule has 3 saturated heterocycles. The maximum atomic E-state index is 12.5. The number of halogens is 4. The van der Waals surface area contributed by atoms with E-state index in [1.807, 2.05) is 32.0 Å². The number of carbonyl (C=O) groups excluding carboxylic acids is 2. The second kappa shape index (κ2) is 27.3. The van der Waals surface area contributed by atoms with Gasteiger partial charge in [0.15, 0.2) is 0 Å². The van der Waals surface area contributed by atoms with Crippen LogP contribution in [0.2, 0.25) is 15.1 Å². The zero-order valence-corrected chi connectivity index (χ0v) is 50.0. The van der Waals surface area contributed by atoms with Gasteiger partial charge >= 0.3 is 12.1 Å². The lowest BCUT2D eigenvalue weighted by molar-refractivity contribution is -0.384. The molecule has 0 radical (unpaired) electrons. The Morgan fingerprint density at radius 1 is 0.646 bits per heavy atom. The molecule has 3 amide bonds. The number of aliphatic hydroxyl groups excluding tert-OH is 4. The molecule has 24 heteroatoms. The Bertz CT molecular complexity index is 3280. The number of H-pyrrole nitrogens is 3. The molecule has 3 fully saturated rings. The van der Waals surface area contributed by atoms with Crippen molar-refractivity contribution < 1.29 is 39.7 Å². The number of hydrogen-bond acceptors (Lipinski definition) is 13. The average molecular weight is 1210 g/mol. The van der Waals surface area contributed by atoms with Gasteiger partial charge in [0.1, 0.15) is 5.75 Å². The smallest absolute Gasteiger partial charge is 0.410 e. The zero-order valence-electron chi connectivity index (χ0n) is 46.9. The first-order valence-electron chi connectivity index (χ1n) is 27.5. The van der Waals surface area contributed by atoms with Crippen LogP contribution in [0.15, 0.2) is 79.3 Å². The molecule has 444 valence electrons. The molecule has 3 atom stereocenters. The molecule has 7 aromatic rings. The Morgan fingerprint density at radius 3 is 1.38 bits per heavy atom. The van der Waals surface area contributed by atoms with E-state index < -0.39 is 40.2 Å². The van der Waals surface area contributed by atoms with E-state index in [0.717, 1.165) is 82.6 Å². The van der Waals surface area contributed by atoms with Crippen molar-refractivity contribution in [2.24, 2.45) is 34.0 Å². The lowest BCUT2D eigenvalue weighted by atomic mass is 9.68. The molecule has 0 bridgehead atoms. The van der Waals surface area contributed by atoms with Crippen molar-refractivity contribution in [3.63, 3.8) is 0 Å². The highest BCUT2D eigenvalue weighted by Gasteiger charge is 2.43. The number of nitrogens with one attached hydrogen (secondary N) is 5. The first kappa shape index (κ1) is 63.8. The minimum atomic E-state index is -0.775. The third-order valence-corrected chi connectivity index (χ3v) is 18.0. The molecule has 9 N–H and O–H groups in total. The number of aromatic amines is 3. The number of carbonyl (C=O) groups is 2. The highest BCUT2D eigenvalue weighted by atomic mass is 35.5. The molecular formula is C58H75Cl4N11O9. The predicted molar refractivity (Wildman–Crippen MR) is 321 cm³/mol. The van der Waals surface area contributed by atoms with Crippen LogP contribution in [0.4, 0.5) is 15.3 Å². The van der Waals surface area contributed by atoms with Crippen molar-refractivity contribution in [2.45, 2.75) is 98.4 Å². The van der Waals surface area contributed by atoms with Crippen LogP contribution in [0, 0.1) is 44.1 Å². The Balaban J connectivity index is 0.000000180. The fraction of sp³-hybridized carbons (Fsp3) is 0.500. The largest absolute Gasteiger partial charge is 0.415 e. The number of benzene rings is 4. The number of rotatable bonds is 13. The molecule has 0 unspecified atom stereocenters. The van der Waals surface area contributed by atoms with E-state index in [2.05, 4.69) is 68.9 Å². The van der Waals surface area contributed by atoms with Gasteiger partial charge in [0.05, 0.1) is 65.0 Å². The van der Waals surface area contributed by atoms with Gasteiger partial charge in [-0.25, -0.2) is 9.59 Å². The number of urea groups is 1. The summed E-state index contributed by atoms with van der Waals surface area (Å²) in [5, 5.41) is 84.7. The number of likely N-dealkylation sites (tertiary alicyclic amines) is 2. The summed E-state index contributed by atoms with van der Waals surface area (Å²) in [7, 11) is 0. The summed E-state index contributed by atoms with van der Waals surface area (Å²) in [6.45, 7) is 17.0. The fourth-order valence-electron chi connectivity index (χ4n) is 11.9. The lowest BCUT2D eigenvalue weighted by Gasteiger charge is -2.43. The van der Waals surface area contributed by atoms with Crippen molar-refractivity contribution in [1.29, 1.82) is 0 Å². The van der Waals surface area contributed by atoms with Crippen LogP contribution in [0.25, 0.3) is 32.7 Å². The van der Waals surface area contributed by atoms with Crippen LogP contribution < -0.4 is 15.4 Å². The quantitative estimate of drug-likeness (QED) is 0.0384. The second-order valence-electron chi connectivity index (χ2n) is 23.3. The molecule has 3 aliphatic rings. The third kappa shape index (κ3) is 14.4. The molecular weight excluding hydrogens is 1140 g/mol. The highest BCUT2D eigenvalue weighted by molar-refractivity contribution is 6.32. The first-order chi connectivity index (χ1) is 38.5. The molecule has 20 nitrogen and oxygen atoms in total. The molecule has 6 heterocycles. The Labute approximate surface area is 497 Å². The normalized spacial score (nSPS) is 17.0. The van der Waals surface area contributed by atoms with Gasteiger partial charge in [-0.1, -0.05) is 76.3 Å². The number of nitrogens with zero attached hydrogens (tertiary/aromatic N) is 6. The summed E-state index contributed by atoms with van der Waals surface area (Å²) in [5.74, 6) is 1.16. The molecule has 10 rings (SSSR count). The van der Waals surface area contributed by atoms with Crippen LogP contribution in [-0.2, 0) is 0 Å². The lowest BCUT2D eigenvalue weighted by Crippen LogP contribution is -2.47. The minimum absolute atomic E-state index is 0. The fourth-order valence-corrected chi connectivity index (χ4v) is 12.6.